The Morgan fingerprint density at radius 2 is 2.31 bits per heavy atom. The molecule has 0 fully saturated rings. The lowest BCUT2D eigenvalue weighted by Gasteiger charge is -2.10. The molecule has 0 amide bonds. The summed E-state index contributed by atoms with van der Waals surface area (Å²) < 4.78 is 1.12. The zero-order valence-electron chi connectivity index (χ0n) is 7.75. The van der Waals surface area contributed by atoms with Gasteiger partial charge in [0.15, 0.2) is 0 Å². The molecule has 1 rings (SSSR count). The Bertz CT molecular complexity index is 311. The molecule has 0 aliphatic heterocycles. The molecule has 1 aromatic heterocycles. The number of rotatable bonds is 3. The van der Waals surface area contributed by atoms with E-state index in [-0.39, 0.29) is 5.92 Å². The van der Waals surface area contributed by atoms with Crippen molar-refractivity contribution in [1.29, 1.82) is 5.26 Å². The minimum atomic E-state index is 0.144. The van der Waals surface area contributed by atoms with Crippen LogP contribution in [0.25, 0.3) is 0 Å². The SMILES string of the molecule is CC(C)C(C#N)Cc1cc(Br)cs1. The standard InChI is InChI=1S/C10H12BrNS/c1-7(2)8(5-12)3-10-4-9(11)6-13-10/h4,6-8H,3H2,1-2H3. The summed E-state index contributed by atoms with van der Waals surface area (Å²) in [5, 5.41) is 11.0. The highest BCUT2D eigenvalue weighted by atomic mass is 79.9. The molecule has 13 heavy (non-hydrogen) atoms. The molecule has 1 heterocycles. The molecule has 1 aromatic rings. The first kappa shape index (κ1) is 10.7. The van der Waals surface area contributed by atoms with Crippen molar-refractivity contribution in [2.45, 2.75) is 20.3 Å². The lowest BCUT2D eigenvalue weighted by molar-refractivity contribution is 0.476. The first-order valence-corrected chi connectivity index (χ1v) is 5.93. The molecule has 0 saturated carbocycles. The summed E-state index contributed by atoms with van der Waals surface area (Å²) in [6.07, 6.45) is 0.879. The van der Waals surface area contributed by atoms with E-state index < -0.39 is 0 Å². The molecule has 0 radical (unpaired) electrons. The monoisotopic (exact) mass is 257 g/mol. The van der Waals surface area contributed by atoms with Gasteiger partial charge in [-0.2, -0.15) is 5.26 Å². The second-order valence-corrected chi connectivity index (χ2v) is 5.33. The van der Waals surface area contributed by atoms with Gasteiger partial charge >= 0.3 is 0 Å². The van der Waals surface area contributed by atoms with Crippen LogP contribution < -0.4 is 0 Å². The first-order valence-electron chi connectivity index (χ1n) is 4.26. The quantitative estimate of drug-likeness (QED) is 0.807. The van der Waals surface area contributed by atoms with E-state index in [4.69, 9.17) is 5.26 Å². The third-order valence-corrected chi connectivity index (χ3v) is 3.73. The van der Waals surface area contributed by atoms with Crippen LogP contribution in [0.1, 0.15) is 18.7 Å². The van der Waals surface area contributed by atoms with E-state index in [9.17, 15) is 0 Å². The van der Waals surface area contributed by atoms with E-state index in [0.29, 0.717) is 5.92 Å². The Morgan fingerprint density at radius 1 is 1.62 bits per heavy atom. The van der Waals surface area contributed by atoms with Crippen molar-refractivity contribution in [1.82, 2.24) is 0 Å². The highest BCUT2D eigenvalue weighted by Gasteiger charge is 2.13. The predicted molar refractivity (Wildman–Crippen MR) is 59.7 cm³/mol. The van der Waals surface area contributed by atoms with Gasteiger partial charge in [0.25, 0.3) is 0 Å². The molecule has 0 spiro atoms. The van der Waals surface area contributed by atoms with Crippen LogP contribution in [-0.4, -0.2) is 0 Å². The predicted octanol–water partition coefficient (Wildman–Crippen LogP) is 3.85. The Kier molecular flexibility index (Phi) is 3.95. The maximum atomic E-state index is 8.91. The van der Waals surface area contributed by atoms with Gasteiger partial charge in [-0.05, 0) is 34.3 Å². The molecule has 1 nitrogen and oxygen atoms in total. The Hall–Kier alpha value is -0.330. The van der Waals surface area contributed by atoms with Crippen LogP contribution in [-0.2, 0) is 6.42 Å². The Labute approximate surface area is 91.5 Å². The highest BCUT2D eigenvalue weighted by molar-refractivity contribution is 9.10. The van der Waals surface area contributed by atoms with Crippen molar-refractivity contribution >= 4 is 27.3 Å². The maximum absolute atomic E-state index is 8.91. The molecule has 0 saturated heterocycles. The molecule has 1 atom stereocenters. The molecule has 3 heteroatoms. The van der Waals surface area contributed by atoms with Crippen LogP contribution in [0, 0.1) is 23.2 Å². The van der Waals surface area contributed by atoms with E-state index in [1.807, 2.05) is 0 Å². The zero-order valence-corrected chi connectivity index (χ0v) is 10.2. The van der Waals surface area contributed by atoms with Gasteiger partial charge < -0.3 is 0 Å². The summed E-state index contributed by atoms with van der Waals surface area (Å²) in [5.74, 6) is 0.580. The van der Waals surface area contributed by atoms with Gasteiger partial charge in [-0.25, -0.2) is 0 Å². The fourth-order valence-corrected chi connectivity index (χ4v) is 2.62. The second-order valence-electron chi connectivity index (χ2n) is 3.41. The van der Waals surface area contributed by atoms with Crippen LogP contribution in [0.5, 0.6) is 0 Å². The largest absolute Gasteiger partial charge is 0.198 e. The van der Waals surface area contributed by atoms with Crippen molar-refractivity contribution in [2.24, 2.45) is 11.8 Å². The van der Waals surface area contributed by atoms with E-state index in [2.05, 4.69) is 47.3 Å². The van der Waals surface area contributed by atoms with Crippen LogP contribution in [0.2, 0.25) is 0 Å². The molecule has 0 aromatic carbocycles. The van der Waals surface area contributed by atoms with Crippen LogP contribution in [0.4, 0.5) is 0 Å². The molecule has 70 valence electrons. The fourth-order valence-electron chi connectivity index (χ4n) is 1.11. The summed E-state index contributed by atoms with van der Waals surface area (Å²) in [6.45, 7) is 4.19. The number of nitrogens with zero attached hydrogens (tertiary/aromatic N) is 1. The zero-order chi connectivity index (χ0) is 9.84. The molecule has 0 aliphatic rings. The summed E-state index contributed by atoms with van der Waals surface area (Å²) in [6, 6.07) is 4.45. The molecule has 0 N–H and O–H groups in total. The van der Waals surface area contributed by atoms with E-state index in [1.165, 1.54) is 4.88 Å². The first-order chi connectivity index (χ1) is 6.13. The molecular weight excluding hydrogens is 246 g/mol. The Balaban J connectivity index is 2.63. The van der Waals surface area contributed by atoms with Crippen LogP contribution in [0.3, 0.4) is 0 Å². The normalized spacial score (nSPS) is 12.8. The third kappa shape index (κ3) is 3.13. The summed E-state index contributed by atoms with van der Waals surface area (Å²) in [5.41, 5.74) is 0. The van der Waals surface area contributed by atoms with Crippen LogP contribution >= 0.6 is 27.3 Å². The number of nitriles is 1. The molecule has 1 unspecified atom stereocenters. The fraction of sp³-hybridized carbons (Fsp3) is 0.500. The minimum Gasteiger partial charge on any atom is -0.198 e. The van der Waals surface area contributed by atoms with Crippen molar-refractivity contribution < 1.29 is 0 Å². The summed E-state index contributed by atoms with van der Waals surface area (Å²) in [4.78, 5) is 1.28. The van der Waals surface area contributed by atoms with Gasteiger partial charge in [0.1, 0.15) is 0 Å². The van der Waals surface area contributed by atoms with E-state index >= 15 is 0 Å². The number of thiophene rings is 1. The van der Waals surface area contributed by atoms with Crippen molar-refractivity contribution in [2.75, 3.05) is 0 Å². The number of halogens is 1. The van der Waals surface area contributed by atoms with Crippen LogP contribution in [0.15, 0.2) is 15.9 Å². The summed E-state index contributed by atoms with van der Waals surface area (Å²) >= 11 is 5.12. The van der Waals surface area contributed by atoms with Gasteiger partial charge in [0, 0.05) is 14.7 Å². The van der Waals surface area contributed by atoms with Crippen molar-refractivity contribution in [3.63, 3.8) is 0 Å². The molecule has 0 aliphatic carbocycles. The van der Waals surface area contributed by atoms with E-state index in [1.54, 1.807) is 11.3 Å². The van der Waals surface area contributed by atoms with Gasteiger partial charge in [0.05, 0.1) is 12.0 Å². The van der Waals surface area contributed by atoms with E-state index in [0.717, 1.165) is 10.9 Å². The van der Waals surface area contributed by atoms with Gasteiger partial charge in [-0.3, -0.25) is 0 Å². The third-order valence-electron chi connectivity index (χ3n) is 2.01. The molecule has 0 bridgehead atoms. The molecular formula is C10H12BrNS. The van der Waals surface area contributed by atoms with Crippen molar-refractivity contribution in [3.05, 3.63) is 20.8 Å². The average molecular weight is 258 g/mol. The average Bonchev–Trinajstić information content (AvgIpc) is 2.46. The van der Waals surface area contributed by atoms with Gasteiger partial charge in [-0.1, -0.05) is 13.8 Å². The number of hydrogen-bond donors (Lipinski definition) is 0. The Morgan fingerprint density at radius 3 is 2.69 bits per heavy atom. The lowest BCUT2D eigenvalue weighted by Crippen LogP contribution is -2.08. The topological polar surface area (TPSA) is 23.8 Å². The number of hydrogen-bond acceptors (Lipinski definition) is 2. The van der Waals surface area contributed by atoms with Crippen molar-refractivity contribution in [3.8, 4) is 6.07 Å². The smallest absolute Gasteiger partial charge is 0.0662 e. The minimum absolute atomic E-state index is 0.144. The van der Waals surface area contributed by atoms with Gasteiger partial charge in [0.2, 0.25) is 0 Å². The highest BCUT2D eigenvalue weighted by Crippen LogP contribution is 2.24. The lowest BCUT2D eigenvalue weighted by atomic mass is 9.94. The second kappa shape index (κ2) is 4.78. The van der Waals surface area contributed by atoms with Gasteiger partial charge in [-0.15, -0.1) is 11.3 Å². The summed E-state index contributed by atoms with van der Waals surface area (Å²) in [7, 11) is 0. The maximum Gasteiger partial charge on any atom is 0.0662 e.